The maximum atomic E-state index is 14.6. The number of ketones is 1. The van der Waals surface area contributed by atoms with Gasteiger partial charge in [-0.2, -0.15) is 31.4 Å². The first-order valence-electron chi connectivity index (χ1n) is 11.7. The van der Waals surface area contributed by atoms with Crippen molar-refractivity contribution >= 4 is 29.6 Å². The van der Waals surface area contributed by atoms with Crippen molar-refractivity contribution in [1.29, 1.82) is 0 Å². The summed E-state index contributed by atoms with van der Waals surface area (Å²) < 4.78 is 86.2. The summed E-state index contributed by atoms with van der Waals surface area (Å²) in [6.45, 7) is -0.419. The molecule has 1 atom stereocenters. The van der Waals surface area contributed by atoms with Crippen LogP contribution in [0.3, 0.4) is 0 Å². The Bertz CT molecular complexity index is 1580. The van der Waals surface area contributed by atoms with Crippen molar-refractivity contribution in [3.8, 4) is 5.75 Å². The molecule has 3 aromatic rings. The third-order valence-corrected chi connectivity index (χ3v) is 6.09. The van der Waals surface area contributed by atoms with Crippen LogP contribution in [0.15, 0.2) is 41.5 Å². The summed E-state index contributed by atoms with van der Waals surface area (Å²) >= 11 is 0. The molecule has 1 unspecified atom stereocenters. The fourth-order valence-corrected chi connectivity index (χ4v) is 4.20. The number of nitrogens with zero attached hydrogens (tertiary/aromatic N) is 5. The van der Waals surface area contributed by atoms with Crippen molar-refractivity contribution in [1.82, 2.24) is 19.7 Å². The molecule has 2 aromatic carbocycles. The molecule has 222 valence electrons. The second-order valence-electron chi connectivity index (χ2n) is 8.86. The molecule has 2 N–H and O–H groups in total. The Morgan fingerprint density at radius 3 is 2.38 bits per heavy atom. The van der Waals surface area contributed by atoms with Gasteiger partial charge in [-0.1, -0.05) is 17.2 Å². The van der Waals surface area contributed by atoms with E-state index in [4.69, 9.17) is 9.90 Å². The number of carbonyl (C=O) groups excluding carboxylic acids is 3. The van der Waals surface area contributed by atoms with Crippen LogP contribution in [0.5, 0.6) is 5.75 Å². The van der Waals surface area contributed by atoms with Crippen LogP contribution in [0.1, 0.15) is 37.9 Å². The molecule has 0 saturated heterocycles. The molecule has 0 spiro atoms. The van der Waals surface area contributed by atoms with Crippen molar-refractivity contribution in [3.05, 3.63) is 70.6 Å². The number of rotatable bonds is 3. The number of carboxylic acid groups (broad SMARTS) is 1. The Balaban J connectivity index is 0.000000517. The lowest BCUT2D eigenvalue weighted by Crippen LogP contribution is -3.01. The molecule has 11 nitrogen and oxygen atoms in total. The number of benzene rings is 2. The summed E-state index contributed by atoms with van der Waals surface area (Å²) in [5.74, 6) is -6.18. The number of carboxylic acids is 1. The summed E-state index contributed by atoms with van der Waals surface area (Å²) in [6.07, 6.45) is -8.74. The van der Waals surface area contributed by atoms with Crippen LogP contribution in [0, 0.1) is 5.82 Å². The quantitative estimate of drug-likeness (QED) is 0.336. The molecule has 2 aliphatic heterocycles. The Kier molecular flexibility index (Phi) is 8.02. The highest BCUT2D eigenvalue weighted by Gasteiger charge is 2.40. The number of aromatic hydroxyl groups is 1. The first-order valence-corrected chi connectivity index (χ1v) is 11.7. The minimum absolute atomic E-state index is 0.0441. The molecule has 18 heteroatoms. The van der Waals surface area contributed by atoms with E-state index in [0.717, 1.165) is 16.8 Å². The molecule has 0 bridgehead atoms. The molecule has 0 aliphatic carbocycles. The van der Waals surface area contributed by atoms with Crippen LogP contribution in [-0.4, -0.2) is 61.4 Å². The Hall–Kier alpha value is -4.87. The van der Waals surface area contributed by atoms with Gasteiger partial charge in [0.2, 0.25) is 17.3 Å². The largest absolute Gasteiger partial charge is 0.542 e. The first-order chi connectivity index (χ1) is 19.6. The van der Waals surface area contributed by atoms with Crippen LogP contribution in [0.4, 0.5) is 36.4 Å². The van der Waals surface area contributed by atoms with E-state index in [1.807, 2.05) is 0 Å². The zero-order valence-electron chi connectivity index (χ0n) is 20.8. The lowest BCUT2D eigenvalue weighted by molar-refractivity contribution is -0.854. The van der Waals surface area contributed by atoms with Crippen molar-refractivity contribution in [2.75, 3.05) is 6.54 Å². The minimum Gasteiger partial charge on any atom is -0.542 e. The molecular weight excluding hydrogens is 585 g/mol. The number of phenolic OH excluding ortho intramolecular Hbond substituents is 1. The number of halogens is 7. The van der Waals surface area contributed by atoms with Crippen molar-refractivity contribution in [2.24, 2.45) is 5.10 Å². The number of amides is 1. The van der Waals surface area contributed by atoms with E-state index < -0.39 is 35.9 Å². The predicted molar refractivity (Wildman–Crippen MR) is 122 cm³/mol. The third kappa shape index (κ3) is 6.22. The summed E-state index contributed by atoms with van der Waals surface area (Å²) in [6, 6.07) is 8.41. The lowest BCUT2D eigenvalue weighted by Gasteiger charge is -2.28. The van der Waals surface area contributed by atoms with Crippen LogP contribution in [0.25, 0.3) is 0 Å². The number of carbonyl (C=O) groups is 3. The van der Waals surface area contributed by atoms with Gasteiger partial charge < -0.3 is 24.5 Å². The highest BCUT2D eigenvalue weighted by Crippen LogP contribution is 2.30. The molecule has 42 heavy (non-hydrogen) atoms. The molecule has 1 aromatic heterocycles. The minimum atomic E-state index is -5.19. The van der Waals surface area contributed by atoms with Crippen molar-refractivity contribution in [2.45, 2.75) is 32.0 Å². The van der Waals surface area contributed by atoms with E-state index in [0.29, 0.717) is 10.6 Å². The zero-order valence-corrected chi connectivity index (χ0v) is 20.8. The van der Waals surface area contributed by atoms with Gasteiger partial charge in [0, 0.05) is 18.7 Å². The summed E-state index contributed by atoms with van der Waals surface area (Å²) in [5.41, 5.74) is 0.780. The molecule has 5 rings (SSSR count). The molecule has 1 amide bonds. The number of para-hydroxylation sites is 1. The Morgan fingerprint density at radius 2 is 1.74 bits per heavy atom. The molecule has 3 heterocycles. The van der Waals surface area contributed by atoms with Crippen LogP contribution in [-0.2, 0) is 30.6 Å². The molecule has 0 saturated carbocycles. The van der Waals surface area contributed by atoms with E-state index in [1.54, 1.807) is 6.07 Å². The highest BCUT2D eigenvalue weighted by atomic mass is 19.4. The first kappa shape index (κ1) is 30.1. The van der Waals surface area contributed by atoms with Gasteiger partial charge in [-0.25, -0.2) is 4.39 Å². The maximum Gasteiger partial charge on any atom is 0.451 e. The lowest BCUT2D eigenvalue weighted by atomic mass is 10.0. The van der Waals surface area contributed by atoms with E-state index >= 15 is 0 Å². The summed E-state index contributed by atoms with van der Waals surface area (Å²) in [5, 5.41) is 30.3. The van der Waals surface area contributed by atoms with Gasteiger partial charge in [-0.3, -0.25) is 9.59 Å². The number of hydrogen-bond donors (Lipinski definition) is 2. The van der Waals surface area contributed by atoms with Gasteiger partial charge >= 0.3 is 12.4 Å². The normalized spacial score (nSPS) is 16.3. The van der Waals surface area contributed by atoms with Gasteiger partial charge in [0.1, 0.15) is 24.5 Å². The van der Waals surface area contributed by atoms with E-state index in [9.17, 15) is 45.4 Å². The molecule has 0 fully saturated rings. The average molecular weight is 602 g/mol. The molecule has 2 aliphatic rings. The van der Waals surface area contributed by atoms with E-state index in [2.05, 4.69) is 15.3 Å². The van der Waals surface area contributed by atoms with Gasteiger partial charge in [0.15, 0.2) is 11.6 Å². The fraction of sp³-hybridized carbons (Fsp3) is 0.250. The van der Waals surface area contributed by atoms with Gasteiger partial charge in [0.05, 0.1) is 17.7 Å². The Morgan fingerprint density at radius 1 is 1.05 bits per heavy atom. The van der Waals surface area contributed by atoms with Gasteiger partial charge in [-0.15, -0.1) is 10.2 Å². The fourth-order valence-electron chi connectivity index (χ4n) is 4.20. The van der Waals surface area contributed by atoms with Crippen molar-refractivity contribution in [3.63, 3.8) is 0 Å². The number of aromatic nitrogens is 3. The SMILES string of the molecule is O=C([O-])C(F)(F)F.O=C1C=N[NH+](Cc2ccc(F)c(C(=O)N3CCn4c(nnc4C(F)(F)F)C3)c2)c2c(O)cccc21. The summed E-state index contributed by atoms with van der Waals surface area (Å²) in [7, 11) is 0. The van der Waals surface area contributed by atoms with E-state index in [-0.39, 0.29) is 60.4 Å². The van der Waals surface area contributed by atoms with Crippen molar-refractivity contribution < 1.29 is 60.3 Å². The standard InChI is InChI=1S/C22H16F4N6O3.C2HF3O2/c23-15-5-4-12(10-32-19-13(17(34)9-27-32)2-1-3-16(19)33)8-14(15)20(35)30-6-7-31-18(11-30)28-29-21(31)22(24,25)26;3-2(4,5)1(6)7/h1-5,8-9,33H,6-7,10-11H2;(H,6,7). The predicted octanol–water partition coefficient (Wildman–Crippen LogP) is 0.995. The number of nitrogens with one attached hydrogen (secondary N) is 1. The molecule has 0 radical (unpaired) electrons. The maximum absolute atomic E-state index is 14.6. The smallest absolute Gasteiger partial charge is 0.451 e. The van der Waals surface area contributed by atoms with Crippen LogP contribution < -0.4 is 10.1 Å². The number of Topliss-reactive ketones (excluding diaryl/α,β-unsaturated/α-hetero) is 1. The van der Waals surface area contributed by atoms with Crippen LogP contribution >= 0.6 is 0 Å². The highest BCUT2D eigenvalue weighted by molar-refractivity contribution is 6.37. The topological polar surface area (TPSA) is 145 Å². The number of fused-ring (bicyclic) bond motifs is 2. The Labute approximate surface area is 230 Å². The van der Waals surface area contributed by atoms with Gasteiger partial charge in [0.25, 0.3) is 5.91 Å². The zero-order chi connectivity index (χ0) is 31.0. The molecular formula is C24H17F7N6O5. The van der Waals surface area contributed by atoms with Gasteiger partial charge in [-0.05, 0) is 24.3 Å². The monoisotopic (exact) mass is 602 g/mol. The summed E-state index contributed by atoms with van der Waals surface area (Å²) in [4.78, 5) is 35.1. The number of hydrogen-bond acceptors (Lipinski definition) is 8. The third-order valence-electron chi connectivity index (χ3n) is 6.09. The second-order valence-corrected chi connectivity index (χ2v) is 8.86. The van der Waals surface area contributed by atoms with E-state index in [1.165, 1.54) is 29.2 Å². The number of alkyl halides is 6. The number of phenols is 1. The average Bonchev–Trinajstić information content (AvgIpc) is 3.35. The van der Waals surface area contributed by atoms with Crippen LogP contribution in [0.2, 0.25) is 0 Å². The second kappa shape index (κ2) is 11.2. The number of aliphatic carboxylic acids is 1. The number of quaternary nitrogens is 1.